The fourth-order valence-corrected chi connectivity index (χ4v) is 2.91. The minimum absolute atomic E-state index is 0.447. The fourth-order valence-electron chi connectivity index (χ4n) is 2.91. The Labute approximate surface area is 109 Å². The lowest BCUT2D eigenvalue weighted by Gasteiger charge is -2.16. The van der Waals surface area contributed by atoms with Gasteiger partial charge in [0.1, 0.15) is 0 Å². The fraction of sp³-hybridized carbons (Fsp3) is 0.222. The summed E-state index contributed by atoms with van der Waals surface area (Å²) in [6, 6.07) is 17.6. The van der Waals surface area contributed by atoms with Gasteiger partial charge in [-0.25, -0.2) is 0 Å². The molecule has 0 fully saturated rings. The van der Waals surface area contributed by atoms with Gasteiger partial charge in [0.15, 0.2) is 0 Å². The minimum Gasteiger partial charge on any atom is -0.0766 e. The van der Waals surface area contributed by atoms with E-state index in [0.29, 0.717) is 5.92 Å². The Hall–Kier alpha value is -1.82. The van der Waals surface area contributed by atoms with Crippen molar-refractivity contribution in [3.8, 4) is 11.1 Å². The monoisotopic (exact) mass is 234 g/mol. The number of allylic oxidation sites excluding steroid dienone is 2. The molecule has 0 aliphatic heterocycles. The van der Waals surface area contributed by atoms with Crippen molar-refractivity contribution in [2.24, 2.45) is 0 Å². The molecule has 0 atom stereocenters. The van der Waals surface area contributed by atoms with Crippen LogP contribution in [0.15, 0.2) is 59.7 Å². The van der Waals surface area contributed by atoms with Gasteiger partial charge in [-0.2, -0.15) is 0 Å². The number of rotatable bonds is 1. The van der Waals surface area contributed by atoms with Crippen molar-refractivity contribution in [1.82, 2.24) is 0 Å². The Balaban J connectivity index is 2.31. The van der Waals surface area contributed by atoms with Crippen molar-refractivity contribution in [2.45, 2.75) is 26.7 Å². The summed E-state index contributed by atoms with van der Waals surface area (Å²) in [4.78, 5) is 0. The molecule has 0 radical (unpaired) electrons. The molecule has 18 heavy (non-hydrogen) atoms. The van der Waals surface area contributed by atoms with Gasteiger partial charge in [-0.15, -0.1) is 0 Å². The SMILES string of the molecule is CC(C)=C(C)C1c2ccccc2-c2ccccc21. The second kappa shape index (κ2) is 4.13. The molecule has 0 aromatic heterocycles. The lowest BCUT2D eigenvalue weighted by molar-refractivity contribution is 0.951. The van der Waals surface area contributed by atoms with Crippen LogP contribution < -0.4 is 0 Å². The average molecular weight is 234 g/mol. The standard InChI is InChI=1S/C18H18/c1-12(2)13(3)18-16-10-6-4-8-14(16)15-9-5-7-11-17(15)18/h4-11,18H,1-3H3. The molecule has 0 heteroatoms. The van der Waals surface area contributed by atoms with Gasteiger partial charge in [-0.05, 0) is 43.0 Å². The average Bonchev–Trinajstić information content (AvgIpc) is 2.72. The molecule has 0 amide bonds. The summed E-state index contributed by atoms with van der Waals surface area (Å²) >= 11 is 0. The molecule has 90 valence electrons. The minimum atomic E-state index is 0.447. The van der Waals surface area contributed by atoms with Gasteiger partial charge in [0.05, 0.1) is 0 Å². The van der Waals surface area contributed by atoms with E-state index in [1.165, 1.54) is 33.4 Å². The van der Waals surface area contributed by atoms with Gasteiger partial charge >= 0.3 is 0 Å². The molecule has 0 bridgehead atoms. The van der Waals surface area contributed by atoms with Crippen molar-refractivity contribution >= 4 is 0 Å². The van der Waals surface area contributed by atoms with Crippen LogP contribution in [0.2, 0.25) is 0 Å². The predicted octanol–water partition coefficient (Wildman–Crippen LogP) is 5.16. The van der Waals surface area contributed by atoms with Gasteiger partial charge in [-0.3, -0.25) is 0 Å². The second-order valence-corrected chi connectivity index (χ2v) is 5.29. The van der Waals surface area contributed by atoms with Crippen LogP contribution >= 0.6 is 0 Å². The highest BCUT2D eigenvalue weighted by molar-refractivity contribution is 5.80. The molecule has 3 rings (SSSR count). The Bertz CT molecular complexity index is 582. The van der Waals surface area contributed by atoms with E-state index < -0.39 is 0 Å². The van der Waals surface area contributed by atoms with Crippen LogP contribution in [0.5, 0.6) is 0 Å². The Morgan fingerprint density at radius 1 is 0.722 bits per heavy atom. The summed E-state index contributed by atoms with van der Waals surface area (Å²) in [5.74, 6) is 0.447. The van der Waals surface area contributed by atoms with Crippen LogP contribution in [0, 0.1) is 0 Å². The van der Waals surface area contributed by atoms with Gasteiger partial charge in [0, 0.05) is 5.92 Å². The number of benzene rings is 2. The summed E-state index contributed by atoms with van der Waals surface area (Å²) in [5.41, 5.74) is 8.62. The molecule has 0 spiro atoms. The third-order valence-electron chi connectivity index (χ3n) is 4.06. The maximum absolute atomic E-state index is 2.27. The van der Waals surface area contributed by atoms with Crippen LogP contribution in [0.3, 0.4) is 0 Å². The third-order valence-corrected chi connectivity index (χ3v) is 4.06. The van der Waals surface area contributed by atoms with Gasteiger partial charge in [-0.1, -0.05) is 59.7 Å². The van der Waals surface area contributed by atoms with Gasteiger partial charge < -0.3 is 0 Å². The highest BCUT2D eigenvalue weighted by atomic mass is 14.3. The van der Waals surface area contributed by atoms with Crippen molar-refractivity contribution in [2.75, 3.05) is 0 Å². The summed E-state index contributed by atoms with van der Waals surface area (Å²) in [5, 5.41) is 0. The van der Waals surface area contributed by atoms with E-state index in [0.717, 1.165) is 0 Å². The Morgan fingerprint density at radius 3 is 1.61 bits per heavy atom. The molecular formula is C18H18. The van der Waals surface area contributed by atoms with E-state index in [1.807, 2.05) is 0 Å². The van der Waals surface area contributed by atoms with Crippen molar-refractivity contribution in [3.63, 3.8) is 0 Å². The van der Waals surface area contributed by atoms with E-state index in [2.05, 4.69) is 69.3 Å². The van der Waals surface area contributed by atoms with Crippen LogP contribution in [0.4, 0.5) is 0 Å². The topological polar surface area (TPSA) is 0 Å². The summed E-state index contributed by atoms with van der Waals surface area (Å²) < 4.78 is 0. The van der Waals surface area contributed by atoms with Crippen molar-refractivity contribution in [3.05, 3.63) is 70.8 Å². The lowest BCUT2D eigenvalue weighted by atomic mass is 9.88. The summed E-state index contributed by atoms with van der Waals surface area (Å²) in [7, 11) is 0. The number of hydrogen-bond donors (Lipinski definition) is 0. The smallest absolute Gasteiger partial charge is 0.0310 e. The lowest BCUT2D eigenvalue weighted by Crippen LogP contribution is -1.99. The molecule has 2 aromatic carbocycles. The third kappa shape index (κ3) is 1.53. The number of fused-ring (bicyclic) bond motifs is 3. The highest BCUT2D eigenvalue weighted by Crippen LogP contribution is 2.48. The zero-order chi connectivity index (χ0) is 12.7. The Morgan fingerprint density at radius 2 is 1.17 bits per heavy atom. The molecule has 0 saturated carbocycles. The zero-order valence-corrected chi connectivity index (χ0v) is 11.2. The quantitative estimate of drug-likeness (QED) is 0.598. The van der Waals surface area contributed by atoms with Gasteiger partial charge in [0.2, 0.25) is 0 Å². The summed E-state index contributed by atoms with van der Waals surface area (Å²) in [6.07, 6.45) is 0. The largest absolute Gasteiger partial charge is 0.0766 e. The molecule has 0 N–H and O–H groups in total. The first kappa shape index (κ1) is 11.3. The zero-order valence-electron chi connectivity index (χ0n) is 11.2. The first-order valence-corrected chi connectivity index (χ1v) is 6.52. The normalized spacial score (nSPS) is 13.1. The van der Waals surface area contributed by atoms with Crippen LogP contribution in [-0.4, -0.2) is 0 Å². The summed E-state index contributed by atoms with van der Waals surface area (Å²) in [6.45, 7) is 6.68. The Kier molecular flexibility index (Phi) is 2.59. The first-order chi connectivity index (χ1) is 8.70. The molecule has 1 aliphatic rings. The van der Waals surface area contributed by atoms with Crippen LogP contribution in [0.1, 0.15) is 37.8 Å². The molecule has 2 aromatic rings. The van der Waals surface area contributed by atoms with Crippen molar-refractivity contribution in [1.29, 1.82) is 0 Å². The first-order valence-electron chi connectivity index (χ1n) is 6.52. The molecule has 1 aliphatic carbocycles. The van der Waals surface area contributed by atoms with Crippen molar-refractivity contribution < 1.29 is 0 Å². The molecule has 0 heterocycles. The predicted molar refractivity (Wildman–Crippen MR) is 77.8 cm³/mol. The highest BCUT2D eigenvalue weighted by Gasteiger charge is 2.29. The van der Waals surface area contributed by atoms with E-state index in [4.69, 9.17) is 0 Å². The van der Waals surface area contributed by atoms with Crippen LogP contribution in [0.25, 0.3) is 11.1 Å². The maximum Gasteiger partial charge on any atom is 0.0310 e. The molecule has 0 saturated heterocycles. The molecular weight excluding hydrogens is 216 g/mol. The van der Waals surface area contributed by atoms with E-state index in [9.17, 15) is 0 Å². The molecule has 0 unspecified atom stereocenters. The van der Waals surface area contributed by atoms with Gasteiger partial charge in [0.25, 0.3) is 0 Å². The molecule has 0 nitrogen and oxygen atoms in total. The van der Waals surface area contributed by atoms with E-state index in [-0.39, 0.29) is 0 Å². The maximum atomic E-state index is 2.27. The second-order valence-electron chi connectivity index (χ2n) is 5.29. The van der Waals surface area contributed by atoms with Crippen LogP contribution in [-0.2, 0) is 0 Å². The van der Waals surface area contributed by atoms with E-state index >= 15 is 0 Å². The van der Waals surface area contributed by atoms with E-state index in [1.54, 1.807) is 0 Å². The number of hydrogen-bond acceptors (Lipinski definition) is 0.